The van der Waals surface area contributed by atoms with Crippen molar-refractivity contribution >= 4 is 40.6 Å². The number of carbonyl (C=O) groups is 1. The van der Waals surface area contributed by atoms with Gasteiger partial charge in [0.15, 0.2) is 5.78 Å². The number of rotatable bonds is 1. The van der Waals surface area contributed by atoms with Crippen LogP contribution in [0.1, 0.15) is 32.6 Å². The molecule has 0 fully saturated rings. The first-order valence-corrected chi connectivity index (χ1v) is 8.45. The smallest absolute Gasteiger partial charge is 0.197 e. The van der Waals surface area contributed by atoms with Gasteiger partial charge in [-0.05, 0) is 46.5 Å². The van der Waals surface area contributed by atoms with Crippen molar-refractivity contribution < 1.29 is 9.90 Å². The van der Waals surface area contributed by atoms with E-state index in [1.807, 2.05) is 36.4 Å². The van der Waals surface area contributed by atoms with Crippen LogP contribution >= 0.6 is 23.2 Å². The topological polar surface area (TPSA) is 37.3 Å². The van der Waals surface area contributed by atoms with Gasteiger partial charge in [-0.1, -0.05) is 65.7 Å². The van der Waals surface area contributed by atoms with Gasteiger partial charge in [-0.15, -0.1) is 0 Å². The summed E-state index contributed by atoms with van der Waals surface area (Å²) >= 11 is 12.3. The summed E-state index contributed by atoms with van der Waals surface area (Å²) in [6.45, 7) is 0. The van der Waals surface area contributed by atoms with E-state index < -0.39 is 0 Å². The lowest BCUT2D eigenvalue weighted by Gasteiger charge is -2.22. The summed E-state index contributed by atoms with van der Waals surface area (Å²) in [5.74, 6) is -0.201. The van der Waals surface area contributed by atoms with Gasteiger partial charge in [-0.2, -0.15) is 0 Å². The summed E-state index contributed by atoms with van der Waals surface area (Å²) in [5, 5.41) is 11.3. The molecular formula is C21H12Cl2O2. The predicted octanol–water partition coefficient (Wildman–Crippen LogP) is 5.83. The Labute approximate surface area is 155 Å². The van der Waals surface area contributed by atoms with Crippen molar-refractivity contribution in [2.45, 2.75) is 0 Å². The fourth-order valence-corrected chi connectivity index (χ4v) is 3.59. The average molecular weight is 367 g/mol. The maximum atomic E-state index is 12.8. The highest BCUT2D eigenvalue weighted by molar-refractivity contribution is 6.35. The molecule has 0 spiro atoms. The predicted molar refractivity (Wildman–Crippen MR) is 101 cm³/mol. The number of fused-ring (bicyclic) bond motifs is 2. The van der Waals surface area contributed by atoms with Crippen LogP contribution in [0.15, 0.2) is 60.7 Å². The molecule has 0 amide bonds. The van der Waals surface area contributed by atoms with E-state index in [1.165, 1.54) is 6.07 Å². The molecule has 0 bridgehead atoms. The first-order chi connectivity index (χ1) is 12.1. The van der Waals surface area contributed by atoms with E-state index >= 15 is 0 Å². The monoisotopic (exact) mass is 366 g/mol. The molecule has 0 aliphatic heterocycles. The van der Waals surface area contributed by atoms with E-state index in [4.69, 9.17) is 23.2 Å². The molecule has 3 aromatic carbocycles. The first-order valence-electron chi connectivity index (χ1n) is 7.69. The minimum absolute atomic E-state index is 0.0230. The molecule has 1 aliphatic rings. The van der Waals surface area contributed by atoms with E-state index in [9.17, 15) is 9.90 Å². The minimum atomic E-state index is -0.178. The molecule has 4 rings (SSSR count). The van der Waals surface area contributed by atoms with E-state index in [0.717, 1.165) is 16.7 Å². The standard InChI is InChI=1S/C21H12Cl2O2/c22-13-9-8-12(18(23)11-13)10-17-14-4-1-2-5-16(14)21(25)20-15(17)6-3-7-19(20)24/h1-11,24H/b17-10-. The van der Waals surface area contributed by atoms with Crippen molar-refractivity contribution in [3.05, 3.63) is 98.5 Å². The summed E-state index contributed by atoms with van der Waals surface area (Å²) < 4.78 is 0. The number of benzene rings is 3. The third-order valence-corrected chi connectivity index (χ3v) is 4.85. The molecule has 25 heavy (non-hydrogen) atoms. The van der Waals surface area contributed by atoms with Gasteiger partial charge in [0.25, 0.3) is 0 Å². The second-order valence-corrected chi connectivity index (χ2v) is 6.64. The van der Waals surface area contributed by atoms with Gasteiger partial charge in [0.2, 0.25) is 0 Å². The van der Waals surface area contributed by atoms with Crippen molar-refractivity contribution in [2.24, 2.45) is 0 Å². The highest BCUT2D eigenvalue weighted by Gasteiger charge is 2.29. The molecule has 0 atom stereocenters. The van der Waals surface area contributed by atoms with E-state index in [-0.39, 0.29) is 11.5 Å². The third kappa shape index (κ3) is 2.64. The Kier molecular flexibility index (Phi) is 3.87. The Balaban J connectivity index is 2.03. The Bertz CT molecular complexity index is 1050. The van der Waals surface area contributed by atoms with Crippen molar-refractivity contribution in [1.82, 2.24) is 0 Å². The lowest BCUT2D eigenvalue weighted by atomic mass is 9.80. The molecule has 0 saturated carbocycles. The normalized spacial score (nSPS) is 14.3. The number of phenols is 1. The number of carbonyl (C=O) groups excluding carboxylic acids is 1. The van der Waals surface area contributed by atoms with Crippen molar-refractivity contribution in [2.75, 3.05) is 0 Å². The molecular weight excluding hydrogens is 355 g/mol. The van der Waals surface area contributed by atoms with Crippen molar-refractivity contribution in [3.63, 3.8) is 0 Å². The fraction of sp³-hybridized carbons (Fsp3) is 0. The van der Waals surface area contributed by atoms with Crippen LogP contribution in [0.5, 0.6) is 5.75 Å². The Morgan fingerprint density at radius 1 is 0.840 bits per heavy atom. The zero-order valence-electron chi connectivity index (χ0n) is 13.0. The quantitative estimate of drug-likeness (QED) is 0.459. The SMILES string of the molecule is O=C1c2ccccc2/C(=C/c2ccc(Cl)cc2Cl)c2cccc(O)c21. The van der Waals surface area contributed by atoms with Gasteiger partial charge in [-0.25, -0.2) is 0 Å². The molecule has 0 saturated heterocycles. The number of hydrogen-bond acceptors (Lipinski definition) is 2. The highest BCUT2D eigenvalue weighted by Crippen LogP contribution is 2.41. The number of phenolic OH excluding ortho intramolecular Hbond substituents is 1. The van der Waals surface area contributed by atoms with Crippen molar-refractivity contribution in [3.8, 4) is 5.75 Å². The third-order valence-electron chi connectivity index (χ3n) is 4.28. The molecule has 2 nitrogen and oxygen atoms in total. The molecule has 1 N–H and O–H groups in total. The van der Waals surface area contributed by atoms with Crippen molar-refractivity contribution in [1.29, 1.82) is 0 Å². The van der Waals surface area contributed by atoms with Crippen LogP contribution in [0.25, 0.3) is 11.6 Å². The number of halogens is 2. The van der Waals surface area contributed by atoms with E-state index in [2.05, 4.69) is 0 Å². The van der Waals surface area contributed by atoms with Gasteiger partial charge >= 0.3 is 0 Å². The van der Waals surface area contributed by atoms with Crippen LogP contribution in [0.3, 0.4) is 0 Å². The average Bonchev–Trinajstić information content (AvgIpc) is 2.60. The summed E-state index contributed by atoms with van der Waals surface area (Å²) in [7, 11) is 0. The van der Waals surface area contributed by atoms with E-state index in [0.29, 0.717) is 26.7 Å². The summed E-state index contributed by atoms with van der Waals surface area (Å²) in [6, 6.07) is 17.7. The van der Waals surface area contributed by atoms with Gasteiger partial charge < -0.3 is 5.11 Å². The zero-order valence-corrected chi connectivity index (χ0v) is 14.5. The highest BCUT2D eigenvalue weighted by atomic mass is 35.5. The van der Waals surface area contributed by atoms with E-state index in [1.54, 1.807) is 24.3 Å². The first kappa shape index (κ1) is 15.9. The molecule has 4 heteroatoms. The van der Waals surface area contributed by atoms with Crippen LogP contribution < -0.4 is 0 Å². The lowest BCUT2D eigenvalue weighted by molar-refractivity contribution is 0.103. The molecule has 122 valence electrons. The fourth-order valence-electron chi connectivity index (χ4n) is 3.13. The van der Waals surface area contributed by atoms with Crippen LogP contribution in [-0.4, -0.2) is 10.9 Å². The van der Waals surface area contributed by atoms with Gasteiger partial charge in [0, 0.05) is 15.6 Å². The number of ketones is 1. The molecule has 3 aromatic rings. The molecule has 0 aromatic heterocycles. The van der Waals surface area contributed by atoms with Gasteiger partial charge in [0.05, 0.1) is 5.56 Å². The number of hydrogen-bond donors (Lipinski definition) is 1. The maximum Gasteiger partial charge on any atom is 0.197 e. The Hall–Kier alpha value is -2.55. The molecule has 0 radical (unpaired) electrons. The molecule has 1 aliphatic carbocycles. The largest absolute Gasteiger partial charge is 0.507 e. The van der Waals surface area contributed by atoms with Crippen LogP contribution in [-0.2, 0) is 0 Å². The van der Waals surface area contributed by atoms with Crippen LogP contribution in [0.4, 0.5) is 0 Å². The van der Waals surface area contributed by atoms with Crippen LogP contribution in [0.2, 0.25) is 10.0 Å². The summed E-state index contributed by atoms with van der Waals surface area (Å²) in [6.07, 6.45) is 1.92. The Morgan fingerprint density at radius 2 is 1.56 bits per heavy atom. The second kappa shape index (κ2) is 6.07. The van der Waals surface area contributed by atoms with Gasteiger partial charge in [0.1, 0.15) is 5.75 Å². The summed E-state index contributed by atoms with van der Waals surface area (Å²) in [4.78, 5) is 12.8. The second-order valence-electron chi connectivity index (χ2n) is 5.80. The lowest BCUT2D eigenvalue weighted by Crippen LogP contribution is -2.14. The molecule has 0 unspecified atom stereocenters. The Morgan fingerprint density at radius 3 is 2.32 bits per heavy atom. The van der Waals surface area contributed by atoms with Crippen LogP contribution in [0, 0.1) is 0 Å². The minimum Gasteiger partial charge on any atom is -0.507 e. The number of aromatic hydroxyl groups is 1. The summed E-state index contributed by atoms with van der Waals surface area (Å²) in [5.41, 5.74) is 4.02. The molecule has 0 heterocycles. The maximum absolute atomic E-state index is 12.8. The zero-order chi connectivity index (χ0) is 17.6. The van der Waals surface area contributed by atoms with Gasteiger partial charge in [-0.3, -0.25) is 4.79 Å².